The number of rotatable bonds is 2. The van der Waals surface area contributed by atoms with Gasteiger partial charge >= 0.3 is 0 Å². The SMILES string of the molecule is Cc1ccc(Nc2ccc(C)cc2)cc1.Cc1ccccc1N. The van der Waals surface area contributed by atoms with Crippen LogP contribution in [-0.4, -0.2) is 0 Å². The Hall–Kier alpha value is -2.74. The molecule has 23 heavy (non-hydrogen) atoms. The molecule has 0 amide bonds. The zero-order valence-corrected chi connectivity index (χ0v) is 14.0. The van der Waals surface area contributed by atoms with Crippen molar-refractivity contribution in [1.29, 1.82) is 0 Å². The molecule has 118 valence electrons. The van der Waals surface area contributed by atoms with Crippen LogP contribution in [-0.2, 0) is 0 Å². The van der Waals surface area contributed by atoms with Crippen LogP contribution < -0.4 is 11.1 Å². The van der Waals surface area contributed by atoms with Crippen LogP contribution in [0, 0.1) is 20.8 Å². The molecule has 3 N–H and O–H groups in total. The predicted octanol–water partition coefficient (Wildman–Crippen LogP) is 5.62. The fraction of sp³-hybridized carbons (Fsp3) is 0.143. The maximum atomic E-state index is 5.52. The van der Waals surface area contributed by atoms with E-state index in [0.29, 0.717) is 0 Å². The summed E-state index contributed by atoms with van der Waals surface area (Å²) >= 11 is 0. The van der Waals surface area contributed by atoms with Gasteiger partial charge in [-0.25, -0.2) is 0 Å². The van der Waals surface area contributed by atoms with Gasteiger partial charge in [-0.15, -0.1) is 0 Å². The number of hydrogen-bond acceptors (Lipinski definition) is 2. The lowest BCUT2D eigenvalue weighted by Gasteiger charge is -2.06. The lowest BCUT2D eigenvalue weighted by atomic mass is 10.2. The average molecular weight is 304 g/mol. The number of hydrogen-bond donors (Lipinski definition) is 2. The summed E-state index contributed by atoms with van der Waals surface area (Å²) in [4.78, 5) is 0. The Kier molecular flexibility index (Phi) is 5.81. The molecular weight excluding hydrogens is 280 g/mol. The van der Waals surface area contributed by atoms with Crippen LogP contribution in [0.4, 0.5) is 17.1 Å². The van der Waals surface area contributed by atoms with E-state index in [9.17, 15) is 0 Å². The second-order valence-electron chi connectivity index (χ2n) is 5.71. The third kappa shape index (κ3) is 5.51. The number of benzene rings is 3. The summed E-state index contributed by atoms with van der Waals surface area (Å²) in [6.07, 6.45) is 0. The second-order valence-corrected chi connectivity index (χ2v) is 5.71. The monoisotopic (exact) mass is 304 g/mol. The third-order valence-corrected chi connectivity index (χ3v) is 3.58. The molecule has 0 spiro atoms. The molecule has 0 aromatic heterocycles. The minimum Gasteiger partial charge on any atom is -0.399 e. The minimum absolute atomic E-state index is 0.868. The van der Waals surface area contributed by atoms with E-state index in [0.717, 1.165) is 22.6 Å². The van der Waals surface area contributed by atoms with Crippen LogP contribution in [0.25, 0.3) is 0 Å². The summed E-state index contributed by atoms with van der Waals surface area (Å²) in [5.41, 5.74) is 12.4. The van der Waals surface area contributed by atoms with Gasteiger partial charge in [0.05, 0.1) is 0 Å². The minimum atomic E-state index is 0.868. The third-order valence-electron chi connectivity index (χ3n) is 3.58. The Labute approximate surface area is 139 Å². The van der Waals surface area contributed by atoms with Crippen molar-refractivity contribution >= 4 is 17.1 Å². The highest BCUT2D eigenvalue weighted by Crippen LogP contribution is 2.17. The van der Waals surface area contributed by atoms with E-state index in [1.54, 1.807) is 0 Å². The summed E-state index contributed by atoms with van der Waals surface area (Å²) in [6, 6.07) is 24.6. The van der Waals surface area contributed by atoms with E-state index in [1.165, 1.54) is 11.1 Å². The topological polar surface area (TPSA) is 38.0 Å². The number of nitrogens with two attached hydrogens (primary N) is 1. The van der Waals surface area contributed by atoms with E-state index in [-0.39, 0.29) is 0 Å². The van der Waals surface area contributed by atoms with Crippen molar-refractivity contribution in [2.24, 2.45) is 0 Å². The quantitative estimate of drug-likeness (QED) is 0.603. The van der Waals surface area contributed by atoms with Crippen molar-refractivity contribution in [2.45, 2.75) is 20.8 Å². The zero-order chi connectivity index (χ0) is 16.7. The van der Waals surface area contributed by atoms with Crippen molar-refractivity contribution in [3.8, 4) is 0 Å². The van der Waals surface area contributed by atoms with Crippen LogP contribution in [0.5, 0.6) is 0 Å². The van der Waals surface area contributed by atoms with E-state index in [4.69, 9.17) is 5.73 Å². The van der Waals surface area contributed by atoms with Gasteiger partial charge in [0.25, 0.3) is 0 Å². The lowest BCUT2D eigenvalue weighted by molar-refractivity contribution is 1.43. The predicted molar refractivity (Wildman–Crippen MR) is 101 cm³/mol. The molecule has 0 fully saturated rings. The highest BCUT2D eigenvalue weighted by molar-refractivity contribution is 5.59. The number of nitrogen functional groups attached to an aromatic ring is 1. The Balaban J connectivity index is 0.000000203. The summed E-state index contributed by atoms with van der Waals surface area (Å²) < 4.78 is 0. The molecule has 0 bridgehead atoms. The Morgan fingerprint density at radius 1 is 0.609 bits per heavy atom. The normalized spacial score (nSPS) is 9.70. The molecule has 0 aliphatic rings. The highest BCUT2D eigenvalue weighted by Gasteiger charge is 1.93. The Morgan fingerprint density at radius 3 is 1.39 bits per heavy atom. The van der Waals surface area contributed by atoms with Crippen molar-refractivity contribution in [3.05, 3.63) is 89.5 Å². The molecule has 0 saturated carbocycles. The van der Waals surface area contributed by atoms with Gasteiger partial charge in [-0.1, -0.05) is 53.6 Å². The maximum Gasteiger partial charge on any atom is 0.0384 e. The van der Waals surface area contributed by atoms with E-state index in [2.05, 4.69) is 67.7 Å². The first-order valence-electron chi connectivity index (χ1n) is 7.76. The fourth-order valence-corrected chi connectivity index (χ4v) is 2.03. The highest BCUT2D eigenvalue weighted by atomic mass is 14.9. The lowest BCUT2D eigenvalue weighted by Crippen LogP contribution is -1.89. The second kappa shape index (κ2) is 8.04. The molecular formula is C21H24N2. The molecule has 3 aromatic carbocycles. The van der Waals surface area contributed by atoms with E-state index in [1.807, 2.05) is 31.2 Å². The molecule has 0 saturated heterocycles. The molecule has 3 aromatic rings. The van der Waals surface area contributed by atoms with Gasteiger partial charge in [-0.2, -0.15) is 0 Å². The number of aryl methyl sites for hydroxylation is 3. The molecule has 0 unspecified atom stereocenters. The molecule has 0 radical (unpaired) electrons. The summed E-state index contributed by atoms with van der Waals surface area (Å²) in [5, 5.41) is 3.36. The largest absolute Gasteiger partial charge is 0.399 e. The van der Waals surface area contributed by atoms with Crippen LogP contribution in [0.1, 0.15) is 16.7 Å². The van der Waals surface area contributed by atoms with Gasteiger partial charge in [0.2, 0.25) is 0 Å². The maximum absolute atomic E-state index is 5.52. The van der Waals surface area contributed by atoms with Crippen LogP contribution in [0.2, 0.25) is 0 Å². The molecule has 2 heteroatoms. The first-order valence-corrected chi connectivity index (χ1v) is 7.76. The van der Waals surface area contributed by atoms with Crippen LogP contribution >= 0.6 is 0 Å². The first-order chi connectivity index (χ1) is 11.0. The van der Waals surface area contributed by atoms with Crippen molar-refractivity contribution in [1.82, 2.24) is 0 Å². The molecule has 0 aliphatic carbocycles. The smallest absolute Gasteiger partial charge is 0.0384 e. The Bertz CT molecular complexity index is 664. The number of nitrogens with one attached hydrogen (secondary N) is 1. The fourth-order valence-electron chi connectivity index (χ4n) is 2.03. The van der Waals surface area contributed by atoms with Gasteiger partial charge < -0.3 is 11.1 Å². The molecule has 3 rings (SSSR count). The van der Waals surface area contributed by atoms with Gasteiger partial charge in [-0.3, -0.25) is 0 Å². The van der Waals surface area contributed by atoms with Crippen molar-refractivity contribution in [2.75, 3.05) is 11.1 Å². The number of para-hydroxylation sites is 1. The molecule has 0 aliphatic heterocycles. The Morgan fingerprint density at radius 2 is 1.04 bits per heavy atom. The van der Waals surface area contributed by atoms with Crippen LogP contribution in [0.3, 0.4) is 0 Å². The number of anilines is 3. The van der Waals surface area contributed by atoms with Gasteiger partial charge in [0, 0.05) is 17.1 Å². The summed E-state index contributed by atoms with van der Waals surface area (Å²) in [7, 11) is 0. The summed E-state index contributed by atoms with van der Waals surface area (Å²) in [6.45, 7) is 6.18. The zero-order valence-electron chi connectivity index (χ0n) is 14.0. The van der Waals surface area contributed by atoms with Crippen molar-refractivity contribution in [3.63, 3.8) is 0 Å². The molecule has 0 heterocycles. The first kappa shape index (κ1) is 16.6. The van der Waals surface area contributed by atoms with E-state index >= 15 is 0 Å². The van der Waals surface area contributed by atoms with Crippen molar-refractivity contribution < 1.29 is 0 Å². The van der Waals surface area contributed by atoms with Gasteiger partial charge in [0.1, 0.15) is 0 Å². The molecule has 2 nitrogen and oxygen atoms in total. The van der Waals surface area contributed by atoms with E-state index < -0.39 is 0 Å². The standard InChI is InChI=1S/C14H15N.C7H9N/c1-11-3-7-13(8-4-11)15-14-9-5-12(2)6-10-14;1-6-4-2-3-5-7(6)8/h3-10,15H,1-2H3;2-5H,8H2,1H3. The average Bonchev–Trinajstić information content (AvgIpc) is 2.55. The van der Waals surface area contributed by atoms with Crippen LogP contribution in [0.15, 0.2) is 72.8 Å². The van der Waals surface area contributed by atoms with Gasteiger partial charge in [0.15, 0.2) is 0 Å². The van der Waals surface area contributed by atoms with Gasteiger partial charge in [-0.05, 0) is 56.7 Å². The summed E-state index contributed by atoms with van der Waals surface area (Å²) in [5.74, 6) is 0. The molecule has 0 atom stereocenters.